The molecule has 0 atom stereocenters. The van der Waals surface area contributed by atoms with Gasteiger partial charge in [-0.25, -0.2) is 13.1 Å². The van der Waals surface area contributed by atoms with Crippen LogP contribution >= 0.6 is 0 Å². The van der Waals surface area contributed by atoms with E-state index in [2.05, 4.69) is 16.6 Å². The van der Waals surface area contributed by atoms with Crippen molar-refractivity contribution in [3.05, 3.63) is 77.9 Å². The van der Waals surface area contributed by atoms with Gasteiger partial charge in [0.2, 0.25) is 10.0 Å². The number of carbonyl (C=O) groups excluding carboxylic acids is 1. The third-order valence-electron chi connectivity index (χ3n) is 3.53. The second-order valence-corrected chi connectivity index (χ2v) is 7.04. The number of rotatable bonds is 7. The molecule has 1 amide bonds. The molecule has 0 unspecified atom stereocenters. The van der Waals surface area contributed by atoms with Crippen LogP contribution in [0.5, 0.6) is 0 Å². The van der Waals surface area contributed by atoms with Crippen LogP contribution in [0.3, 0.4) is 0 Å². The molecule has 0 heterocycles. The van der Waals surface area contributed by atoms with Crippen molar-refractivity contribution in [1.82, 2.24) is 10.0 Å². The summed E-state index contributed by atoms with van der Waals surface area (Å²) in [4.78, 5) is 12.0. The van der Waals surface area contributed by atoms with Gasteiger partial charge in [-0.3, -0.25) is 4.79 Å². The molecule has 6 heteroatoms. The van der Waals surface area contributed by atoms with E-state index in [1.807, 2.05) is 31.2 Å². The van der Waals surface area contributed by atoms with Gasteiger partial charge in [0.15, 0.2) is 0 Å². The van der Waals surface area contributed by atoms with Crippen LogP contribution in [0.2, 0.25) is 0 Å². The van der Waals surface area contributed by atoms with E-state index in [1.165, 1.54) is 12.1 Å². The van der Waals surface area contributed by atoms with Gasteiger partial charge in [-0.15, -0.1) is 6.58 Å². The number of sulfonamides is 1. The molecule has 0 aliphatic carbocycles. The largest absolute Gasteiger partial charge is 0.349 e. The minimum Gasteiger partial charge on any atom is -0.349 e. The second-order valence-electron chi connectivity index (χ2n) is 5.28. The maximum absolute atomic E-state index is 12.4. The quantitative estimate of drug-likeness (QED) is 0.757. The minimum atomic E-state index is -3.70. The summed E-state index contributed by atoms with van der Waals surface area (Å²) in [7, 11) is -3.70. The predicted octanol–water partition coefficient (Wildman–Crippen LogP) is 2.39. The van der Waals surface area contributed by atoms with Crippen molar-refractivity contribution in [2.75, 3.05) is 6.54 Å². The molecule has 2 aromatic rings. The highest BCUT2D eigenvalue weighted by Crippen LogP contribution is 2.13. The van der Waals surface area contributed by atoms with E-state index >= 15 is 0 Å². The molecule has 0 saturated carbocycles. The van der Waals surface area contributed by atoms with Crippen molar-refractivity contribution in [3.8, 4) is 0 Å². The molecular weight excluding hydrogens is 324 g/mol. The summed E-state index contributed by atoms with van der Waals surface area (Å²) in [6, 6.07) is 13.5. The smallest absolute Gasteiger partial charge is 0.251 e. The van der Waals surface area contributed by atoms with Crippen molar-refractivity contribution in [3.63, 3.8) is 0 Å². The first-order valence-corrected chi connectivity index (χ1v) is 8.95. The van der Waals surface area contributed by atoms with Crippen LogP contribution in [-0.2, 0) is 16.6 Å². The molecule has 2 N–H and O–H groups in total. The Labute approximate surface area is 142 Å². The van der Waals surface area contributed by atoms with Crippen molar-refractivity contribution >= 4 is 15.9 Å². The molecule has 0 aliphatic heterocycles. The molecule has 0 spiro atoms. The van der Waals surface area contributed by atoms with E-state index in [9.17, 15) is 13.2 Å². The van der Waals surface area contributed by atoms with E-state index < -0.39 is 10.0 Å². The van der Waals surface area contributed by atoms with Crippen LogP contribution in [0, 0.1) is 6.92 Å². The number of hydrogen-bond acceptors (Lipinski definition) is 3. The molecule has 5 nitrogen and oxygen atoms in total. The van der Waals surface area contributed by atoms with Gasteiger partial charge in [0.25, 0.3) is 5.91 Å². The lowest BCUT2D eigenvalue weighted by Gasteiger charge is -2.10. The fraction of sp³-hybridized carbons (Fsp3) is 0.167. The Bertz CT molecular complexity index is 845. The summed E-state index contributed by atoms with van der Waals surface area (Å²) < 4.78 is 27.5. The standard InChI is InChI=1S/C18H20N2O3S/c1-3-11-19-18(21)15-9-6-10-17(12-15)24(22,23)20-13-16-8-5-4-7-14(16)2/h3-10,12,20H,1,11,13H2,2H3,(H,19,21). The normalized spacial score (nSPS) is 11.0. The molecule has 0 bridgehead atoms. The van der Waals surface area contributed by atoms with Crippen LogP contribution in [0.4, 0.5) is 0 Å². The van der Waals surface area contributed by atoms with Crippen molar-refractivity contribution in [2.24, 2.45) is 0 Å². The fourth-order valence-corrected chi connectivity index (χ4v) is 3.19. The first kappa shape index (κ1) is 17.9. The lowest BCUT2D eigenvalue weighted by Crippen LogP contribution is -2.25. The molecule has 0 radical (unpaired) electrons. The molecule has 2 rings (SSSR count). The maximum atomic E-state index is 12.4. The summed E-state index contributed by atoms with van der Waals surface area (Å²) in [5.74, 6) is -0.342. The van der Waals surface area contributed by atoms with E-state index in [1.54, 1.807) is 18.2 Å². The SMILES string of the molecule is C=CCNC(=O)c1cccc(S(=O)(=O)NCc2ccccc2C)c1. The molecule has 0 aliphatic rings. The average molecular weight is 344 g/mol. The lowest BCUT2D eigenvalue weighted by molar-refractivity contribution is 0.0958. The van der Waals surface area contributed by atoms with E-state index in [0.29, 0.717) is 6.54 Å². The second kappa shape index (κ2) is 7.90. The van der Waals surface area contributed by atoms with Crippen molar-refractivity contribution < 1.29 is 13.2 Å². The number of hydrogen-bond donors (Lipinski definition) is 2. The van der Waals surface area contributed by atoms with E-state index in [-0.39, 0.29) is 22.9 Å². The molecule has 0 aromatic heterocycles. The Hall–Kier alpha value is -2.44. The van der Waals surface area contributed by atoms with Crippen LogP contribution in [0.15, 0.2) is 66.1 Å². The zero-order valence-electron chi connectivity index (χ0n) is 13.5. The Morgan fingerprint density at radius 3 is 2.62 bits per heavy atom. The molecule has 2 aromatic carbocycles. The number of benzene rings is 2. The highest BCUT2D eigenvalue weighted by Gasteiger charge is 2.16. The summed E-state index contributed by atoms with van der Waals surface area (Å²) in [6.07, 6.45) is 1.56. The minimum absolute atomic E-state index is 0.0577. The Morgan fingerprint density at radius 1 is 1.17 bits per heavy atom. The van der Waals surface area contributed by atoms with Gasteiger partial charge in [-0.2, -0.15) is 0 Å². The predicted molar refractivity (Wildman–Crippen MR) is 94.2 cm³/mol. The van der Waals surface area contributed by atoms with Gasteiger partial charge in [-0.1, -0.05) is 36.4 Å². The zero-order valence-corrected chi connectivity index (χ0v) is 14.3. The molecule has 126 valence electrons. The monoisotopic (exact) mass is 344 g/mol. The molecule has 0 saturated heterocycles. The van der Waals surface area contributed by atoms with Gasteiger partial charge < -0.3 is 5.32 Å². The first-order chi connectivity index (χ1) is 11.4. The van der Waals surface area contributed by atoms with Crippen LogP contribution in [-0.4, -0.2) is 20.9 Å². The number of amides is 1. The first-order valence-electron chi connectivity index (χ1n) is 7.47. The average Bonchev–Trinajstić information content (AvgIpc) is 2.59. The summed E-state index contributed by atoms with van der Waals surface area (Å²) >= 11 is 0. The fourth-order valence-electron chi connectivity index (χ4n) is 2.14. The summed E-state index contributed by atoms with van der Waals surface area (Å²) in [6.45, 7) is 5.96. The third kappa shape index (κ3) is 4.53. The van der Waals surface area contributed by atoms with E-state index in [4.69, 9.17) is 0 Å². The number of carbonyl (C=O) groups is 1. The topological polar surface area (TPSA) is 75.3 Å². The van der Waals surface area contributed by atoms with E-state index in [0.717, 1.165) is 11.1 Å². The number of nitrogens with one attached hydrogen (secondary N) is 2. The van der Waals surface area contributed by atoms with Gasteiger partial charge >= 0.3 is 0 Å². The number of aryl methyl sites for hydroxylation is 1. The third-order valence-corrected chi connectivity index (χ3v) is 4.93. The highest BCUT2D eigenvalue weighted by atomic mass is 32.2. The molecule has 0 fully saturated rings. The summed E-state index contributed by atoms with van der Waals surface area (Å²) in [5, 5.41) is 2.62. The lowest BCUT2D eigenvalue weighted by atomic mass is 10.1. The molecule has 24 heavy (non-hydrogen) atoms. The maximum Gasteiger partial charge on any atom is 0.251 e. The van der Waals surface area contributed by atoms with Crippen LogP contribution in [0.25, 0.3) is 0 Å². The van der Waals surface area contributed by atoms with Gasteiger partial charge in [0.05, 0.1) is 4.90 Å². The zero-order chi connectivity index (χ0) is 17.6. The van der Waals surface area contributed by atoms with Gasteiger partial charge in [0.1, 0.15) is 0 Å². The Balaban J connectivity index is 2.16. The van der Waals surface area contributed by atoms with Crippen LogP contribution in [0.1, 0.15) is 21.5 Å². The van der Waals surface area contributed by atoms with Crippen molar-refractivity contribution in [1.29, 1.82) is 0 Å². The summed E-state index contributed by atoms with van der Waals surface area (Å²) in [5.41, 5.74) is 2.20. The van der Waals surface area contributed by atoms with Crippen LogP contribution < -0.4 is 10.0 Å². The Kier molecular flexibility index (Phi) is 5.89. The Morgan fingerprint density at radius 2 is 1.92 bits per heavy atom. The van der Waals surface area contributed by atoms with Gasteiger partial charge in [-0.05, 0) is 36.2 Å². The van der Waals surface area contributed by atoms with Gasteiger partial charge in [0, 0.05) is 18.7 Å². The van der Waals surface area contributed by atoms with Crippen molar-refractivity contribution in [2.45, 2.75) is 18.4 Å². The highest BCUT2D eigenvalue weighted by molar-refractivity contribution is 7.89. The molecular formula is C18H20N2O3S.